The van der Waals surface area contributed by atoms with E-state index in [1.54, 1.807) is 0 Å². The number of unbranched alkanes of at least 4 members (excludes halogenated alkanes) is 1. The van der Waals surface area contributed by atoms with Gasteiger partial charge in [-0.2, -0.15) is 0 Å². The van der Waals surface area contributed by atoms with Crippen LogP contribution in [0.1, 0.15) is 52.4 Å². The molecule has 0 unspecified atom stereocenters. The third kappa shape index (κ3) is 4.22. The molecule has 3 heteroatoms. The van der Waals surface area contributed by atoms with Gasteiger partial charge >= 0.3 is 0 Å². The van der Waals surface area contributed by atoms with E-state index in [9.17, 15) is 4.79 Å². The molecule has 1 heterocycles. The Balaban J connectivity index is 1.67. The molecule has 5 aromatic rings. The molecule has 0 spiro atoms. The zero-order valence-electron chi connectivity index (χ0n) is 19.6. The Bertz CT molecular complexity index is 1460. The lowest BCUT2D eigenvalue weighted by Gasteiger charge is -2.13. The molecule has 0 saturated carbocycles. The van der Waals surface area contributed by atoms with Gasteiger partial charge in [0, 0.05) is 22.9 Å². The number of amides is 1. The lowest BCUT2D eigenvalue weighted by molar-refractivity contribution is 0.100. The van der Waals surface area contributed by atoms with E-state index in [0.29, 0.717) is 5.56 Å². The van der Waals surface area contributed by atoms with Crippen molar-refractivity contribution in [2.24, 2.45) is 5.73 Å². The van der Waals surface area contributed by atoms with Crippen LogP contribution in [0.5, 0.6) is 0 Å². The van der Waals surface area contributed by atoms with Gasteiger partial charge < -0.3 is 10.3 Å². The molecule has 5 rings (SSSR count). The Morgan fingerprint density at radius 2 is 1.65 bits per heavy atom. The number of nitrogens with zero attached hydrogens (tertiary/aromatic N) is 1. The number of hydrogen-bond donors (Lipinski definition) is 1. The van der Waals surface area contributed by atoms with Crippen molar-refractivity contribution in [3.63, 3.8) is 0 Å². The predicted molar refractivity (Wildman–Crippen MR) is 140 cm³/mol. The Morgan fingerprint density at radius 1 is 0.882 bits per heavy atom. The van der Waals surface area contributed by atoms with Gasteiger partial charge in [0.05, 0.1) is 11.0 Å². The molecule has 3 nitrogen and oxygen atoms in total. The number of aryl methyl sites for hydroxylation is 1. The minimum atomic E-state index is -0.405. The molecule has 0 fully saturated rings. The van der Waals surface area contributed by atoms with E-state index in [4.69, 9.17) is 5.73 Å². The van der Waals surface area contributed by atoms with E-state index in [0.717, 1.165) is 54.0 Å². The highest BCUT2D eigenvalue weighted by Crippen LogP contribution is 2.33. The summed E-state index contributed by atoms with van der Waals surface area (Å²) >= 11 is 0. The molecular formula is C31H29N2O. The first kappa shape index (κ1) is 22.0. The second-order valence-electron chi connectivity index (χ2n) is 8.95. The molecule has 0 saturated heterocycles. The van der Waals surface area contributed by atoms with E-state index < -0.39 is 5.91 Å². The summed E-state index contributed by atoms with van der Waals surface area (Å²) in [5.41, 5.74) is 13.6. The third-order valence-electron chi connectivity index (χ3n) is 6.62. The summed E-state index contributed by atoms with van der Waals surface area (Å²) in [6, 6.07) is 32.9. The summed E-state index contributed by atoms with van der Waals surface area (Å²) in [5.74, 6) is -0.405. The second kappa shape index (κ2) is 9.56. The number of rotatable bonds is 8. The van der Waals surface area contributed by atoms with Gasteiger partial charge in [-0.05, 0) is 65.8 Å². The summed E-state index contributed by atoms with van der Waals surface area (Å²) in [6.45, 7) is 2.93. The lowest BCUT2D eigenvalue weighted by atomic mass is 9.99. The third-order valence-corrected chi connectivity index (χ3v) is 6.62. The van der Waals surface area contributed by atoms with E-state index in [2.05, 4.69) is 90.4 Å². The molecule has 0 aliphatic rings. The maximum absolute atomic E-state index is 12.3. The van der Waals surface area contributed by atoms with Gasteiger partial charge in [-0.1, -0.05) is 80.1 Å². The molecule has 0 aliphatic carbocycles. The van der Waals surface area contributed by atoms with Crippen molar-refractivity contribution in [1.82, 2.24) is 4.57 Å². The molecule has 1 amide bonds. The maximum atomic E-state index is 12.3. The normalized spacial score (nSPS) is 11.3. The summed E-state index contributed by atoms with van der Waals surface area (Å²) in [4.78, 5) is 12.3. The fraction of sp³-hybridized carbons (Fsp3) is 0.194. The van der Waals surface area contributed by atoms with Crippen LogP contribution < -0.4 is 5.73 Å². The van der Waals surface area contributed by atoms with Crippen LogP contribution in [0.15, 0.2) is 84.9 Å². The van der Waals surface area contributed by atoms with Crippen LogP contribution in [0.3, 0.4) is 0 Å². The molecule has 2 N–H and O–H groups in total. The number of hydrogen-bond acceptors (Lipinski definition) is 1. The molecule has 1 radical (unpaired) electrons. The Morgan fingerprint density at radius 3 is 2.41 bits per heavy atom. The van der Waals surface area contributed by atoms with Crippen LogP contribution >= 0.6 is 0 Å². The number of carbonyl (C=O) groups is 1. The number of primary amides is 1. The van der Waals surface area contributed by atoms with Gasteiger partial charge in [-0.3, -0.25) is 4.79 Å². The lowest BCUT2D eigenvalue weighted by Crippen LogP contribution is -2.11. The van der Waals surface area contributed by atoms with Crippen molar-refractivity contribution in [1.29, 1.82) is 0 Å². The zero-order valence-corrected chi connectivity index (χ0v) is 19.6. The van der Waals surface area contributed by atoms with Crippen molar-refractivity contribution in [2.75, 3.05) is 0 Å². The largest absolute Gasteiger partial charge is 0.366 e. The predicted octanol–water partition coefficient (Wildman–Crippen LogP) is 6.68. The van der Waals surface area contributed by atoms with Crippen molar-refractivity contribution in [3.8, 4) is 0 Å². The van der Waals surface area contributed by atoms with Crippen molar-refractivity contribution in [3.05, 3.63) is 119 Å². The molecule has 0 atom stereocenters. The maximum Gasteiger partial charge on any atom is 0.249 e. The first-order chi connectivity index (χ1) is 16.7. The molecule has 169 valence electrons. The first-order valence-electron chi connectivity index (χ1n) is 12.0. The standard InChI is InChI=1S/C31H29N2O/c1-2-3-10-23-17-18-26-29(20-23)33(28-16-9-15-27(30(26)28)31(32)34)21-25-14-8-7-13-24(25)19-22-11-5-4-6-12-22/h4-9,11-17,20H,2-3,10,19,21H2,1H3,(H2,32,34). The molecule has 4 aromatic carbocycles. The van der Waals surface area contributed by atoms with Gasteiger partial charge in [0.25, 0.3) is 0 Å². The number of fused-ring (bicyclic) bond motifs is 3. The van der Waals surface area contributed by atoms with E-state index >= 15 is 0 Å². The molecule has 34 heavy (non-hydrogen) atoms. The highest BCUT2D eigenvalue weighted by Gasteiger charge is 2.18. The van der Waals surface area contributed by atoms with Crippen LogP contribution in [0.2, 0.25) is 0 Å². The summed E-state index contributed by atoms with van der Waals surface area (Å²) in [5, 5.41) is 1.86. The highest BCUT2D eigenvalue weighted by atomic mass is 16.1. The fourth-order valence-electron chi connectivity index (χ4n) is 4.87. The van der Waals surface area contributed by atoms with Crippen molar-refractivity contribution in [2.45, 2.75) is 39.2 Å². The fourth-order valence-corrected chi connectivity index (χ4v) is 4.87. The number of aromatic nitrogens is 1. The topological polar surface area (TPSA) is 48.0 Å². The molecule has 0 aliphatic heterocycles. The number of nitrogens with two attached hydrogens (primary N) is 1. The van der Waals surface area contributed by atoms with Crippen LogP contribution in [0, 0.1) is 6.07 Å². The molecule has 0 bridgehead atoms. The van der Waals surface area contributed by atoms with Crippen LogP contribution in [0.4, 0.5) is 0 Å². The van der Waals surface area contributed by atoms with Gasteiger partial charge in [0.15, 0.2) is 0 Å². The Labute approximate surface area is 200 Å². The van der Waals surface area contributed by atoms with Gasteiger partial charge in [-0.15, -0.1) is 0 Å². The minimum absolute atomic E-state index is 0.405. The van der Waals surface area contributed by atoms with Crippen molar-refractivity contribution >= 4 is 27.7 Å². The second-order valence-corrected chi connectivity index (χ2v) is 8.95. The highest BCUT2D eigenvalue weighted by molar-refractivity contribution is 6.17. The summed E-state index contributed by atoms with van der Waals surface area (Å²) < 4.78 is 2.33. The van der Waals surface area contributed by atoms with E-state index in [1.165, 1.54) is 22.3 Å². The SMILES string of the molecule is CCCCc1c[c]c2c3c(C(N)=O)cccc3n(Cc3ccccc3Cc3ccccc3)c2c1. The first-order valence-corrected chi connectivity index (χ1v) is 12.0. The molecule has 1 aromatic heterocycles. The summed E-state index contributed by atoms with van der Waals surface area (Å²) in [6.07, 6.45) is 4.21. The quantitative estimate of drug-likeness (QED) is 0.285. The average molecular weight is 446 g/mol. The minimum Gasteiger partial charge on any atom is -0.366 e. The van der Waals surface area contributed by atoms with E-state index in [-0.39, 0.29) is 0 Å². The smallest absolute Gasteiger partial charge is 0.249 e. The van der Waals surface area contributed by atoms with Crippen molar-refractivity contribution < 1.29 is 4.79 Å². The van der Waals surface area contributed by atoms with Crippen LogP contribution in [0.25, 0.3) is 21.8 Å². The Kier molecular flexibility index (Phi) is 6.18. The average Bonchev–Trinajstić information content (AvgIpc) is 3.17. The zero-order chi connectivity index (χ0) is 23.5. The Hall–Kier alpha value is -3.85. The van der Waals surface area contributed by atoms with Gasteiger partial charge in [0.1, 0.15) is 0 Å². The number of benzene rings is 4. The van der Waals surface area contributed by atoms with Gasteiger partial charge in [0.2, 0.25) is 5.91 Å². The summed E-state index contributed by atoms with van der Waals surface area (Å²) in [7, 11) is 0. The van der Waals surface area contributed by atoms with Crippen LogP contribution in [-0.2, 0) is 19.4 Å². The van der Waals surface area contributed by atoms with Gasteiger partial charge in [-0.25, -0.2) is 0 Å². The molecular weight excluding hydrogens is 416 g/mol. The monoisotopic (exact) mass is 445 g/mol. The van der Waals surface area contributed by atoms with Crippen LogP contribution in [-0.4, -0.2) is 10.5 Å². The van der Waals surface area contributed by atoms with E-state index in [1.807, 2.05) is 12.1 Å². The number of carbonyl (C=O) groups excluding carboxylic acids is 1.